The van der Waals surface area contributed by atoms with Crippen LogP contribution in [0.5, 0.6) is 0 Å². The number of ether oxygens (including phenoxy) is 1. The van der Waals surface area contributed by atoms with Crippen LogP contribution in [0.15, 0.2) is 40.8 Å². The molecule has 0 aliphatic carbocycles. The third-order valence-corrected chi connectivity index (χ3v) is 5.27. The van der Waals surface area contributed by atoms with Gasteiger partial charge < -0.3 is 14.1 Å². The largest absolute Gasteiger partial charge is 0.466 e. The van der Waals surface area contributed by atoms with Crippen molar-refractivity contribution < 1.29 is 13.9 Å². The number of furan rings is 1. The van der Waals surface area contributed by atoms with E-state index in [1.165, 1.54) is 0 Å². The van der Waals surface area contributed by atoms with Crippen molar-refractivity contribution in [3.05, 3.63) is 59.3 Å². The van der Waals surface area contributed by atoms with Crippen LogP contribution in [0, 0.1) is 19.8 Å². The molecule has 1 N–H and O–H groups in total. The third kappa shape index (κ3) is 3.45. The number of nitrogens with one attached hydrogen (secondary N) is 1. The number of H-pyrrole nitrogens is 1. The highest BCUT2D eigenvalue weighted by Gasteiger charge is 2.39. The number of aryl methyl sites for hydroxylation is 2. The molecule has 1 saturated heterocycles. The first-order chi connectivity index (χ1) is 13.6. The summed E-state index contributed by atoms with van der Waals surface area (Å²) in [7, 11) is 1.68. The maximum absolute atomic E-state index is 13.0. The van der Waals surface area contributed by atoms with Gasteiger partial charge in [0.2, 0.25) is 0 Å². The standard InChI is InChI=1S/C21H24N4O3/c1-13-9-17(14(2)28-13)21(26)25-10-16(12-27-3)18(11-25)20-22-19(23-24-20)15-7-5-4-6-8-15/h4-9,16,18H,10-12H2,1-3H3,(H,22,23,24)/t16-,18+/m0/s1. The molecule has 28 heavy (non-hydrogen) atoms. The predicted octanol–water partition coefficient (Wildman–Crippen LogP) is 3.18. The molecule has 1 fully saturated rings. The Labute approximate surface area is 163 Å². The van der Waals surface area contributed by atoms with E-state index in [2.05, 4.69) is 10.2 Å². The number of carbonyl (C=O) groups excluding carboxylic acids is 1. The van der Waals surface area contributed by atoms with Crippen molar-refractivity contribution in [3.8, 4) is 11.4 Å². The van der Waals surface area contributed by atoms with Crippen molar-refractivity contribution in [2.75, 3.05) is 26.8 Å². The number of benzene rings is 1. The lowest BCUT2D eigenvalue weighted by Gasteiger charge is -2.15. The summed E-state index contributed by atoms with van der Waals surface area (Å²) in [4.78, 5) is 19.6. The number of amides is 1. The number of rotatable bonds is 5. The molecule has 0 saturated carbocycles. The molecule has 1 aliphatic heterocycles. The Hall–Kier alpha value is -2.93. The monoisotopic (exact) mass is 380 g/mol. The summed E-state index contributed by atoms with van der Waals surface area (Å²) in [6, 6.07) is 11.7. The van der Waals surface area contributed by atoms with Crippen LogP contribution in [0.1, 0.15) is 33.6 Å². The van der Waals surface area contributed by atoms with Crippen LogP contribution < -0.4 is 0 Å². The fourth-order valence-electron chi connectivity index (χ4n) is 3.90. The maximum atomic E-state index is 13.0. The highest BCUT2D eigenvalue weighted by Crippen LogP contribution is 2.33. The van der Waals surface area contributed by atoms with E-state index in [1.54, 1.807) is 13.2 Å². The van der Waals surface area contributed by atoms with Crippen molar-refractivity contribution in [1.29, 1.82) is 0 Å². The molecule has 2 atom stereocenters. The van der Waals surface area contributed by atoms with Gasteiger partial charge in [0.1, 0.15) is 17.3 Å². The minimum Gasteiger partial charge on any atom is -0.466 e. The van der Waals surface area contributed by atoms with E-state index in [0.717, 1.165) is 17.1 Å². The highest BCUT2D eigenvalue weighted by molar-refractivity contribution is 5.95. The van der Waals surface area contributed by atoms with Crippen molar-refractivity contribution in [1.82, 2.24) is 20.1 Å². The average Bonchev–Trinajstić information content (AvgIpc) is 3.40. The van der Waals surface area contributed by atoms with Gasteiger partial charge in [0, 0.05) is 37.6 Å². The van der Waals surface area contributed by atoms with Crippen LogP contribution in [-0.4, -0.2) is 52.8 Å². The Balaban J connectivity index is 1.57. The molecule has 0 bridgehead atoms. The van der Waals surface area contributed by atoms with Crippen LogP contribution in [-0.2, 0) is 4.74 Å². The van der Waals surface area contributed by atoms with Gasteiger partial charge in [0.15, 0.2) is 5.82 Å². The molecule has 7 nitrogen and oxygen atoms in total. The van der Waals surface area contributed by atoms with Gasteiger partial charge in [-0.2, -0.15) is 5.10 Å². The molecule has 146 valence electrons. The van der Waals surface area contributed by atoms with Crippen molar-refractivity contribution >= 4 is 5.91 Å². The molecule has 0 radical (unpaired) electrons. The minimum absolute atomic E-state index is 0.0132. The van der Waals surface area contributed by atoms with E-state index in [-0.39, 0.29) is 17.7 Å². The highest BCUT2D eigenvalue weighted by atomic mass is 16.5. The number of hydrogen-bond donors (Lipinski definition) is 1. The van der Waals surface area contributed by atoms with Gasteiger partial charge in [0.05, 0.1) is 12.2 Å². The molecule has 7 heteroatoms. The molecule has 4 rings (SSSR count). The zero-order chi connectivity index (χ0) is 19.7. The normalized spacial score (nSPS) is 19.3. The molecule has 1 amide bonds. The summed E-state index contributed by atoms with van der Waals surface area (Å²) in [5.41, 5.74) is 1.58. The predicted molar refractivity (Wildman–Crippen MR) is 104 cm³/mol. The summed E-state index contributed by atoms with van der Waals surface area (Å²) < 4.78 is 10.9. The zero-order valence-corrected chi connectivity index (χ0v) is 16.3. The summed E-state index contributed by atoms with van der Waals surface area (Å²) in [6.07, 6.45) is 0. The SMILES string of the molecule is COC[C@@H]1CN(C(=O)c2cc(C)oc2C)C[C@H]1c1nc(-c2ccccc2)n[nH]1. The second-order valence-electron chi connectivity index (χ2n) is 7.27. The lowest BCUT2D eigenvalue weighted by molar-refractivity contribution is 0.0773. The van der Waals surface area contributed by atoms with E-state index in [9.17, 15) is 4.79 Å². The molecule has 1 aromatic carbocycles. The van der Waals surface area contributed by atoms with Gasteiger partial charge in [-0.15, -0.1) is 0 Å². The number of carbonyl (C=O) groups is 1. The minimum atomic E-state index is -0.0132. The molecule has 0 unspecified atom stereocenters. The number of aromatic nitrogens is 3. The number of methoxy groups -OCH3 is 1. The van der Waals surface area contributed by atoms with E-state index < -0.39 is 0 Å². The van der Waals surface area contributed by atoms with Crippen molar-refractivity contribution in [2.45, 2.75) is 19.8 Å². The van der Waals surface area contributed by atoms with Gasteiger partial charge in [0.25, 0.3) is 5.91 Å². The Morgan fingerprint density at radius 1 is 1.29 bits per heavy atom. The molecular formula is C21H24N4O3. The first-order valence-electron chi connectivity index (χ1n) is 9.39. The molecule has 2 aromatic heterocycles. The number of likely N-dealkylation sites (tertiary alicyclic amines) is 1. The quantitative estimate of drug-likeness (QED) is 0.735. The summed E-state index contributed by atoms with van der Waals surface area (Å²) in [6.45, 7) is 5.41. The van der Waals surface area contributed by atoms with E-state index >= 15 is 0 Å². The third-order valence-electron chi connectivity index (χ3n) is 5.27. The van der Waals surface area contributed by atoms with E-state index in [1.807, 2.05) is 49.1 Å². The fourth-order valence-corrected chi connectivity index (χ4v) is 3.90. The Morgan fingerprint density at radius 2 is 2.07 bits per heavy atom. The first-order valence-corrected chi connectivity index (χ1v) is 9.39. The lowest BCUT2D eigenvalue weighted by Crippen LogP contribution is -2.29. The number of aromatic amines is 1. The van der Waals surface area contributed by atoms with Crippen LogP contribution in [0.4, 0.5) is 0 Å². The van der Waals surface area contributed by atoms with Gasteiger partial charge in [-0.05, 0) is 19.9 Å². The fraction of sp³-hybridized carbons (Fsp3) is 0.381. The molecular weight excluding hydrogens is 356 g/mol. The summed E-state index contributed by atoms with van der Waals surface area (Å²) in [5, 5.41) is 7.45. The van der Waals surface area contributed by atoms with Crippen molar-refractivity contribution in [2.24, 2.45) is 5.92 Å². The van der Waals surface area contributed by atoms with E-state index in [0.29, 0.717) is 36.8 Å². The number of nitrogens with zero attached hydrogens (tertiary/aromatic N) is 3. The smallest absolute Gasteiger partial charge is 0.257 e. The number of hydrogen-bond acceptors (Lipinski definition) is 5. The topological polar surface area (TPSA) is 84.2 Å². The van der Waals surface area contributed by atoms with Crippen LogP contribution in [0.25, 0.3) is 11.4 Å². The molecule has 1 aliphatic rings. The van der Waals surface area contributed by atoms with Gasteiger partial charge in [-0.25, -0.2) is 4.98 Å². The molecule has 3 heterocycles. The zero-order valence-electron chi connectivity index (χ0n) is 16.3. The summed E-state index contributed by atoms with van der Waals surface area (Å²) >= 11 is 0. The lowest BCUT2D eigenvalue weighted by atomic mass is 9.96. The molecule has 0 spiro atoms. The Bertz CT molecular complexity index is 963. The second-order valence-corrected chi connectivity index (χ2v) is 7.27. The molecule has 3 aromatic rings. The Morgan fingerprint density at radius 3 is 2.75 bits per heavy atom. The van der Waals surface area contributed by atoms with Gasteiger partial charge in [-0.3, -0.25) is 9.89 Å². The van der Waals surface area contributed by atoms with Crippen LogP contribution >= 0.6 is 0 Å². The average molecular weight is 380 g/mol. The maximum Gasteiger partial charge on any atom is 0.257 e. The van der Waals surface area contributed by atoms with Gasteiger partial charge >= 0.3 is 0 Å². The van der Waals surface area contributed by atoms with Crippen LogP contribution in [0.2, 0.25) is 0 Å². The first kappa shape index (κ1) is 18.4. The second kappa shape index (κ2) is 7.59. The summed E-state index contributed by atoms with van der Waals surface area (Å²) in [5.74, 6) is 3.03. The van der Waals surface area contributed by atoms with Crippen LogP contribution in [0.3, 0.4) is 0 Å². The Kier molecular flexibility index (Phi) is 5.00. The van der Waals surface area contributed by atoms with Gasteiger partial charge in [-0.1, -0.05) is 30.3 Å². The van der Waals surface area contributed by atoms with E-state index in [4.69, 9.17) is 14.1 Å². The van der Waals surface area contributed by atoms with Crippen molar-refractivity contribution in [3.63, 3.8) is 0 Å².